The van der Waals surface area contributed by atoms with Gasteiger partial charge in [-0.1, -0.05) is 12.1 Å². The molecule has 0 fully saturated rings. The maximum absolute atomic E-state index is 10.7. The maximum atomic E-state index is 10.7. The third-order valence-corrected chi connectivity index (χ3v) is 2.93. The van der Waals surface area contributed by atoms with Crippen molar-refractivity contribution in [1.82, 2.24) is 0 Å². The summed E-state index contributed by atoms with van der Waals surface area (Å²) in [5.74, 6) is -0.876. The van der Waals surface area contributed by atoms with E-state index in [0.29, 0.717) is 10.1 Å². The van der Waals surface area contributed by atoms with E-state index in [1.165, 1.54) is 0 Å². The highest BCUT2D eigenvalue weighted by Gasteiger charge is 2.23. The molecule has 1 unspecified atom stereocenters. The van der Waals surface area contributed by atoms with E-state index in [-0.39, 0.29) is 5.76 Å². The summed E-state index contributed by atoms with van der Waals surface area (Å²) >= 11 is 3.28. The molecule has 3 N–H and O–H groups in total. The molecule has 78 valence electrons. The molecule has 15 heavy (non-hydrogen) atoms. The molecule has 1 aromatic carbocycles. The van der Waals surface area contributed by atoms with Crippen molar-refractivity contribution < 1.29 is 14.3 Å². The van der Waals surface area contributed by atoms with E-state index in [9.17, 15) is 4.79 Å². The Morgan fingerprint density at radius 3 is 2.73 bits per heavy atom. The second-order valence-corrected chi connectivity index (χ2v) is 3.89. The lowest BCUT2D eigenvalue weighted by molar-refractivity contribution is -0.139. The average Bonchev–Trinajstić information content (AvgIpc) is 2.56. The fourth-order valence-electron chi connectivity index (χ4n) is 1.35. The number of para-hydroxylation sites is 1. The Balaban J connectivity index is 2.63. The number of carboxylic acid groups (broad SMARTS) is 1. The van der Waals surface area contributed by atoms with Crippen molar-refractivity contribution in [2.24, 2.45) is 5.73 Å². The molecule has 2 aromatic rings. The van der Waals surface area contributed by atoms with Crippen molar-refractivity contribution in [3.8, 4) is 0 Å². The van der Waals surface area contributed by atoms with Crippen molar-refractivity contribution in [1.29, 1.82) is 0 Å². The summed E-state index contributed by atoms with van der Waals surface area (Å²) in [6, 6.07) is 6.11. The predicted molar refractivity (Wildman–Crippen MR) is 58.5 cm³/mol. The van der Waals surface area contributed by atoms with Crippen LogP contribution in [0.5, 0.6) is 0 Å². The van der Waals surface area contributed by atoms with E-state index < -0.39 is 12.0 Å². The molecule has 0 aliphatic carbocycles. The van der Waals surface area contributed by atoms with Crippen LogP contribution in [0.2, 0.25) is 0 Å². The summed E-state index contributed by atoms with van der Waals surface area (Å²) in [7, 11) is 0. The van der Waals surface area contributed by atoms with Crippen molar-refractivity contribution in [3.05, 3.63) is 34.5 Å². The Morgan fingerprint density at radius 2 is 2.13 bits per heavy atom. The normalized spacial score (nSPS) is 12.9. The van der Waals surface area contributed by atoms with Crippen LogP contribution in [0.15, 0.2) is 33.2 Å². The van der Waals surface area contributed by atoms with E-state index in [0.717, 1.165) is 5.39 Å². The lowest BCUT2D eigenvalue weighted by Gasteiger charge is -2.01. The van der Waals surface area contributed by atoms with Gasteiger partial charge in [-0.15, -0.1) is 0 Å². The summed E-state index contributed by atoms with van der Waals surface area (Å²) in [6.45, 7) is 0. The van der Waals surface area contributed by atoms with E-state index in [2.05, 4.69) is 15.9 Å². The molecular formula is C10H8BrNO3. The average molecular weight is 270 g/mol. The lowest BCUT2D eigenvalue weighted by atomic mass is 10.2. The van der Waals surface area contributed by atoms with Crippen LogP contribution >= 0.6 is 15.9 Å². The maximum Gasteiger partial charge on any atom is 0.328 e. The van der Waals surface area contributed by atoms with Crippen LogP contribution < -0.4 is 5.73 Å². The topological polar surface area (TPSA) is 76.5 Å². The molecule has 1 aromatic heterocycles. The van der Waals surface area contributed by atoms with E-state index in [1.807, 2.05) is 18.2 Å². The number of fused-ring (bicyclic) bond motifs is 1. The van der Waals surface area contributed by atoms with Crippen LogP contribution in [0.3, 0.4) is 0 Å². The molecule has 0 spiro atoms. The highest BCUT2D eigenvalue weighted by atomic mass is 79.9. The highest BCUT2D eigenvalue weighted by molar-refractivity contribution is 9.10. The quantitative estimate of drug-likeness (QED) is 0.877. The standard InChI is InChI=1S/C10H8BrNO3/c11-7-5-3-1-2-4-6(5)15-9(7)8(12)10(13)14/h1-4,8H,12H2,(H,13,14). The fraction of sp³-hybridized carbons (Fsp3) is 0.100. The van der Waals surface area contributed by atoms with Gasteiger partial charge in [0.1, 0.15) is 11.3 Å². The third kappa shape index (κ3) is 1.64. The largest absolute Gasteiger partial charge is 0.480 e. The zero-order valence-corrected chi connectivity index (χ0v) is 9.19. The van der Waals surface area contributed by atoms with Gasteiger partial charge in [-0.2, -0.15) is 0 Å². The van der Waals surface area contributed by atoms with Crippen LogP contribution in [0, 0.1) is 0 Å². The second-order valence-electron chi connectivity index (χ2n) is 3.09. The summed E-state index contributed by atoms with van der Waals surface area (Å²) in [4.78, 5) is 10.7. The minimum atomic E-state index is -1.15. The number of nitrogens with two attached hydrogens (primary N) is 1. The molecule has 2 rings (SSSR count). The first kappa shape index (κ1) is 10.2. The Kier molecular flexibility index (Phi) is 2.50. The second kappa shape index (κ2) is 3.67. The number of halogens is 1. The van der Waals surface area contributed by atoms with Crippen molar-refractivity contribution >= 4 is 32.9 Å². The van der Waals surface area contributed by atoms with E-state index in [4.69, 9.17) is 15.3 Å². The Morgan fingerprint density at radius 1 is 1.47 bits per heavy atom. The molecule has 0 bridgehead atoms. The first-order valence-electron chi connectivity index (χ1n) is 4.26. The number of hydrogen-bond donors (Lipinski definition) is 2. The molecule has 5 heteroatoms. The fourth-order valence-corrected chi connectivity index (χ4v) is 2.00. The van der Waals surface area contributed by atoms with Crippen molar-refractivity contribution in [3.63, 3.8) is 0 Å². The summed E-state index contributed by atoms with van der Waals surface area (Å²) < 4.78 is 5.97. The number of carboxylic acids is 1. The van der Waals surface area contributed by atoms with Gasteiger partial charge in [-0.05, 0) is 28.1 Å². The van der Waals surface area contributed by atoms with Gasteiger partial charge >= 0.3 is 5.97 Å². The monoisotopic (exact) mass is 269 g/mol. The van der Waals surface area contributed by atoms with Crippen LogP contribution in [0.1, 0.15) is 11.8 Å². The van der Waals surface area contributed by atoms with Crippen LogP contribution in [-0.2, 0) is 4.79 Å². The number of hydrogen-bond acceptors (Lipinski definition) is 3. The van der Waals surface area contributed by atoms with Crippen LogP contribution in [0.25, 0.3) is 11.0 Å². The number of aliphatic carboxylic acids is 1. The van der Waals surface area contributed by atoms with E-state index >= 15 is 0 Å². The zero-order valence-electron chi connectivity index (χ0n) is 7.61. The van der Waals surface area contributed by atoms with Gasteiger partial charge in [-0.25, -0.2) is 0 Å². The molecule has 0 amide bonds. The number of rotatable bonds is 2. The molecule has 0 aliphatic heterocycles. The molecule has 1 heterocycles. The summed E-state index contributed by atoms with van der Waals surface area (Å²) in [5.41, 5.74) is 6.10. The van der Waals surface area contributed by atoms with Gasteiger partial charge < -0.3 is 15.3 Å². The summed E-state index contributed by atoms with van der Waals surface area (Å²) in [6.07, 6.45) is 0. The Labute approximate surface area is 93.8 Å². The predicted octanol–water partition coefficient (Wildman–Crippen LogP) is 2.28. The van der Waals surface area contributed by atoms with Gasteiger partial charge in [0, 0.05) is 5.39 Å². The van der Waals surface area contributed by atoms with Gasteiger partial charge in [0.05, 0.1) is 4.47 Å². The zero-order chi connectivity index (χ0) is 11.0. The lowest BCUT2D eigenvalue weighted by Crippen LogP contribution is -2.20. The van der Waals surface area contributed by atoms with Gasteiger partial charge in [0.15, 0.2) is 6.04 Å². The minimum Gasteiger partial charge on any atom is -0.480 e. The van der Waals surface area contributed by atoms with Crippen LogP contribution in [0.4, 0.5) is 0 Å². The van der Waals surface area contributed by atoms with Crippen LogP contribution in [-0.4, -0.2) is 11.1 Å². The molecule has 0 aliphatic rings. The SMILES string of the molecule is NC(C(=O)O)c1oc2ccccc2c1Br. The van der Waals surface area contributed by atoms with E-state index in [1.54, 1.807) is 6.07 Å². The molecule has 4 nitrogen and oxygen atoms in total. The Bertz CT molecular complexity index is 520. The number of carbonyl (C=O) groups is 1. The Hall–Kier alpha value is -1.33. The molecule has 0 saturated heterocycles. The number of furan rings is 1. The first-order chi connectivity index (χ1) is 7.11. The van der Waals surface area contributed by atoms with Crippen molar-refractivity contribution in [2.45, 2.75) is 6.04 Å². The van der Waals surface area contributed by atoms with Gasteiger partial charge in [0.25, 0.3) is 0 Å². The summed E-state index contributed by atoms with van der Waals surface area (Å²) in [5, 5.41) is 9.60. The van der Waals surface area contributed by atoms with Gasteiger partial charge in [-0.3, -0.25) is 4.79 Å². The molecular weight excluding hydrogens is 262 g/mol. The number of benzene rings is 1. The molecule has 0 saturated carbocycles. The molecule has 0 radical (unpaired) electrons. The first-order valence-corrected chi connectivity index (χ1v) is 5.06. The third-order valence-electron chi connectivity index (χ3n) is 2.11. The molecule has 1 atom stereocenters. The highest BCUT2D eigenvalue weighted by Crippen LogP contribution is 2.33. The smallest absolute Gasteiger partial charge is 0.328 e. The van der Waals surface area contributed by atoms with Crippen molar-refractivity contribution in [2.75, 3.05) is 0 Å². The van der Waals surface area contributed by atoms with Gasteiger partial charge in [0.2, 0.25) is 0 Å². The minimum absolute atomic E-state index is 0.240.